The van der Waals surface area contributed by atoms with Crippen LogP contribution < -0.4 is 37.2 Å². The molecule has 6 atom stereocenters. The van der Waals surface area contributed by atoms with Gasteiger partial charge in [0.25, 0.3) is 11.8 Å². The van der Waals surface area contributed by atoms with Crippen molar-refractivity contribution in [1.29, 1.82) is 0 Å². The molecule has 0 fully saturated rings. The molecule has 0 aliphatic carbocycles. The molecule has 5 rings (SSSR count). The molecule has 1 aliphatic rings. The van der Waals surface area contributed by atoms with E-state index < -0.39 is 183 Å². The van der Waals surface area contributed by atoms with Crippen LogP contribution in [0, 0.1) is 17.0 Å². The number of imide groups is 1. The number of carboxylic acids is 2. The Hall–Kier alpha value is -9.73. The topological polar surface area (TPSA) is 374 Å². The maximum Gasteiger partial charge on any atom is 0.305 e. The van der Waals surface area contributed by atoms with Gasteiger partial charge in [0.1, 0.15) is 55.0 Å². The van der Waals surface area contributed by atoms with Gasteiger partial charge in [-0.2, -0.15) is 0 Å². The van der Waals surface area contributed by atoms with Crippen LogP contribution in [0.15, 0.2) is 97.5 Å². The van der Waals surface area contributed by atoms with E-state index in [1.165, 1.54) is 31.1 Å². The molecular weight excluding hydrogens is 1130 g/mol. The van der Waals surface area contributed by atoms with Gasteiger partial charge in [0.2, 0.25) is 47.3 Å². The highest BCUT2D eigenvalue weighted by Gasteiger charge is 2.39. The number of halogens is 2. The minimum absolute atomic E-state index is 0.0963. The maximum atomic E-state index is 15.5. The zero-order valence-electron chi connectivity index (χ0n) is 47.8. The Morgan fingerprint density at radius 3 is 1.85 bits per heavy atom. The smallest absolute Gasteiger partial charge is 0.305 e. The predicted molar refractivity (Wildman–Crippen MR) is 301 cm³/mol. The summed E-state index contributed by atoms with van der Waals surface area (Å²) < 4.78 is 31.9. The molecule has 0 saturated heterocycles. The molecule has 2 aromatic carbocycles. The van der Waals surface area contributed by atoms with Crippen LogP contribution in [-0.4, -0.2) is 169 Å². The van der Waals surface area contributed by atoms with Crippen molar-refractivity contribution in [3.8, 4) is 11.1 Å². The standard InChI is InChI=1S/C58H69F2N11O15/c1-33(64-45(73)25-35-17-20-61-21-18-35)53(82)65-34(2)54(83)68-43(28-51(80)81)57(86)67-42(56(85)63-23-22-62-55(84)41(13-16-50(78)79)66-46(74)31-71-47(75)14-15-48(71)76)19-24-70(49(77)32-72)52(58(3,4)5)44-26-37(39-27-38(59)11-12-40(39)60)30-69(44)29-36-9-7-6-8-10-36/h6-12,14-15,17-18,20-21,26-27,30,33-34,41-43,52,72H,13,16,19,22-25,28-29,31-32H2,1-5H3,(H,62,84)(H,63,85)(H,64,73)(H,65,82)(H,66,74)(H,67,86)(H,68,83)(H,78,79)(H,80,81)/t33-,34+,41+,42-,43-,52-/m0/s1. The molecule has 0 bridgehead atoms. The number of benzene rings is 2. The molecule has 86 heavy (non-hydrogen) atoms. The molecule has 28 heteroatoms. The number of carbonyl (C=O) groups excluding carboxylic acids is 10. The summed E-state index contributed by atoms with van der Waals surface area (Å²) in [5.41, 5.74) is 0.875. The van der Waals surface area contributed by atoms with Gasteiger partial charge in [-0.1, -0.05) is 51.1 Å². The lowest BCUT2D eigenvalue weighted by molar-refractivity contribution is -0.142. The number of carbonyl (C=O) groups is 12. The van der Waals surface area contributed by atoms with Gasteiger partial charge in [-0.3, -0.25) is 67.4 Å². The molecule has 10 N–H and O–H groups in total. The Labute approximate surface area is 492 Å². The molecule has 3 heterocycles. The van der Waals surface area contributed by atoms with Gasteiger partial charge < -0.3 is 62.0 Å². The van der Waals surface area contributed by atoms with E-state index in [2.05, 4.69) is 42.2 Å². The summed E-state index contributed by atoms with van der Waals surface area (Å²) in [7, 11) is 0. The third-order valence-electron chi connectivity index (χ3n) is 13.4. The van der Waals surface area contributed by atoms with Gasteiger partial charge >= 0.3 is 11.9 Å². The van der Waals surface area contributed by atoms with E-state index in [1.54, 1.807) is 67.9 Å². The van der Waals surface area contributed by atoms with Crippen LogP contribution in [-0.2, 0) is 70.5 Å². The van der Waals surface area contributed by atoms with E-state index in [1.807, 2.05) is 12.1 Å². The van der Waals surface area contributed by atoms with E-state index in [-0.39, 0.29) is 24.1 Å². The Bertz CT molecular complexity index is 3170. The number of hydrogen-bond donors (Lipinski definition) is 10. The molecule has 0 unspecified atom stereocenters. The number of carboxylic acid groups (broad SMARTS) is 2. The monoisotopic (exact) mass is 1200 g/mol. The first-order valence-corrected chi connectivity index (χ1v) is 27.2. The fourth-order valence-electron chi connectivity index (χ4n) is 9.16. The van der Waals surface area contributed by atoms with Crippen molar-refractivity contribution in [2.75, 3.05) is 32.8 Å². The zero-order chi connectivity index (χ0) is 63.4. The quantitative estimate of drug-likeness (QED) is 0.0241. The Kier molecular flexibility index (Phi) is 24.4. The largest absolute Gasteiger partial charge is 0.481 e. The third kappa shape index (κ3) is 20.0. The van der Waals surface area contributed by atoms with Crippen molar-refractivity contribution in [1.82, 2.24) is 56.6 Å². The average Bonchev–Trinajstić information content (AvgIpc) is 3.43. The Balaban J connectivity index is 1.42. The van der Waals surface area contributed by atoms with Gasteiger partial charge in [0.15, 0.2) is 0 Å². The summed E-state index contributed by atoms with van der Waals surface area (Å²) in [5, 5.41) is 46.6. The lowest BCUT2D eigenvalue weighted by Crippen LogP contribution is -2.58. The number of rotatable bonds is 31. The summed E-state index contributed by atoms with van der Waals surface area (Å²) in [6, 6.07) is 7.80. The average molecular weight is 1200 g/mol. The van der Waals surface area contributed by atoms with E-state index in [4.69, 9.17) is 0 Å². The van der Waals surface area contributed by atoms with Crippen molar-refractivity contribution >= 4 is 71.0 Å². The minimum atomic E-state index is -1.94. The molecule has 0 radical (unpaired) electrons. The van der Waals surface area contributed by atoms with Gasteiger partial charge in [0.05, 0.1) is 18.9 Å². The summed E-state index contributed by atoms with van der Waals surface area (Å²) in [6.45, 7) is 4.77. The van der Waals surface area contributed by atoms with Crippen LogP contribution in [0.5, 0.6) is 0 Å². The van der Waals surface area contributed by atoms with Crippen LogP contribution in [0.25, 0.3) is 11.1 Å². The lowest BCUT2D eigenvalue weighted by atomic mass is 9.82. The van der Waals surface area contributed by atoms with Crippen molar-refractivity contribution in [2.45, 2.75) is 110 Å². The number of hydrogen-bond acceptors (Lipinski definition) is 14. The van der Waals surface area contributed by atoms with Crippen molar-refractivity contribution in [2.24, 2.45) is 5.41 Å². The molecular formula is C58H69F2N11O15. The second-order valence-electron chi connectivity index (χ2n) is 21.2. The first kappa shape index (κ1) is 67.1. The molecule has 10 amide bonds. The molecule has 4 aromatic rings. The summed E-state index contributed by atoms with van der Waals surface area (Å²) >= 11 is 0. The number of aliphatic hydroxyl groups excluding tert-OH is 1. The fraction of sp³-hybridized carbons (Fsp3) is 0.397. The Morgan fingerprint density at radius 2 is 1.26 bits per heavy atom. The number of aromatic nitrogens is 2. The molecule has 2 aromatic heterocycles. The molecule has 0 spiro atoms. The first-order chi connectivity index (χ1) is 40.6. The second-order valence-corrected chi connectivity index (χ2v) is 21.2. The summed E-state index contributed by atoms with van der Waals surface area (Å²) in [4.78, 5) is 162. The van der Waals surface area contributed by atoms with Crippen LogP contribution in [0.3, 0.4) is 0 Å². The minimum Gasteiger partial charge on any atom is -0.481 e. The SMILES string of the molecule is C[C@H](NC(=O)Cc1ccncc1)C(=O)N[C@H](C)C(=O)N[C@@H](CC(=O)O)C(=O)N[C@@H](CCN(C(=O)CO)[C@@H](c1cc(-c2cc(F)ccc2F)cn1Cc1ccccc1)C(C)(C)C)C(=O)NCCNC(=O)[C@@H](CCC(=O)O)NC(=O)CN1C(=O)C=CC1=O. The molecule has 460 valence electrons. The Morgan fingerprint density at radius 1 is 0.663 bits per heavy atom. The van der Waals surface area contributed by atoms with E-state index in [9.17, 15) is 77.2 Å². The number of nitrogens with one attached hydrogen (secondary N) is 7. The van der Waals surface area contributed by atoms with Gasteiger partial charge in [-0.25, -0.2) is 8.78 Å². The normalized spacial score (nSPS) is 14.1. The highest BCUT2D eigenvalue weighted by atomic mass is 19.1. The highest BCUT2D eigenvalue weighted by Crippen LogP contribution is 2.41. The lowest BCUT2D eigenvalue weighted by Gasteiger charge is -2.41. The summed E-state index contributed by atoms with van der Waals surface area (Å²) in [5.74, 6) is -13.5. The second kappa shape index (κ2) is 31.2. The van der Waals surface area contributed by atoms with Crippen LogP contribution in [0.1, 0.15) is 83.2 Å². The van der Waals surface area contributed by atoms with Crippen LogP contribution in [0.2, 0.25) is 0 Å². The van der Waals surface area contributed by atoms with Crippen molar-refractivity contribution < 1.29 is 81.6 Å². The van der Waals surface area contributed by atoms with Gasteiger partial charge in [0, 0.05) is 80.2 Å². The summed E-state index contributed by atoms with van der Waals surface area (Å²) in [6.07, 6.45) is 3.65. The van der Waals surface area contributed by atoms with E-state index >= 15 is 4.39 Å². The third-order valence-corrected chi connectivity index (χ3v) is 13.4. The predicted octanol–water partition coefficient (Wildman–Crippen LogP) is 0.378. The fourth-order valence-corrected chi connectivity index (χ4v) is 9.16. The van der Waals surface area contributed by atoms with Crippen LogP contribution >= 0.6 is 0 Å². The van der Waals surface area contributed by atoms with Crippen LogP contribution in [0.4, 0.5) is 8.78 Å². The molecule has 26 nitrogen and oxygen atoms in total. The van der Waals surface area contributed by atoms with E-state index in [0.717, 1.165) is 35.9 Å². The maximum absolute atomic E-state index is 15.5. The molecule has 0 saturated carbocycles. The number of aliphatic hydroxyl groups is 1. The van der Waals surface area contributed by atoms with Gasteiger partial charge in [-0.05, 0) is 79.6 Å². The van der Waals surface area contributed by atoms with Crippen molar-refractivity contribution in [3.05, 3.63) is 126 Å². The number of aliphatic carboxylic acids is 2. The molecule has 1 aliphatic heterocycles. The highest BCUT2D eigenvalue weighted by molar-refractivity contribution is 6.14. The number of nitrogens with zero attached hydrogens (tertiary/aromatic N) is 4. The number of amides is 10. The van der Waals surface area contributed by atoms with Gasteiger partial charge in [-0.15, -0.1) is 0 Å². The van der Waals surface area contributed by atoms with E-state index in [0.29, 0.717) is 16.2 Å². The first-order valence-electron chi connectivity index (χ1n) is 27.2. The van der Waals surface area contributed by atoms with Crippen molar-refractivity contribution in [3.63, 3.8) is 0 Å². The zero-order valence-corrected chi connectivity index (χ0v) is 47.8. The number of pyridine rings is 1.